The third-order valence-electron chi connectivity index (χ3n) is 4.69. The van der Waals surface area contributed by atoms with Crippen molar-refractivity contribution in [3.05, 3.63) is 57.6 Å². The summed E-state index contributed by atoms with van der Waals surface area (Å²) >= 11 is 12.4. The molecule has 0 fully saturated rings. The summed E-state index contributed by atoms with van der Waals surface area (Å²) in [5, 5.41) is 11.0. The number of phenols is 1. The number of nitrogens with zero attached hydrogens (tertiary/aromatic N) is 2. The lowest BCUT2D eigenvalue weighted by Gasteiger charge is -2.43. The van der Waals surface area contributed by atoms with E-state index in [9.17, 15) is 5.11 Å². The van der Waals surface area contributed by atoms with Crippen molar-refractivity contribution in [1.82, 2.24) is 0 Å². The van der Waals surface area contributed by atoms with Crippen LogP contribution in [-0.2, 0) is 0 Å². The molecule has 136 valence electrons. The molecule has 0 atom stereocenters. The fourth-order valence-corrected chi connectivity index (χ4v) is 3.91. The second-order valence-electron chi connectivity index (χ2n) is 7.01. The number of aliphatic imine (C=N–C) groups is 1. The smallest absolute Gasteiger partial charge is 0.142 e. The normalized spacial score (nSPS) is 15.9. The molecule has 0 aliphatic carbocycles. The minimum absolute atomic E-state index is 0.0396. The van der Waals surface area contributed by atoms with Crippen molar-refractivity contribution in [2.75, 3.05) is 11.4 Å². The summed E-state index contributed by atoms with van der Waals surface area (Å²) in [7, 11) is 0. The van der Waals surface area contributed by atoms with Crippen LogP contribution < -0.4 is 4.90 Å². The number of aromatic hydroxyl groups is 1. The Labute approximate surface area is 164 Å². The first kappa shape index (κ1) is 18.8. The predicted molar refractivity (Wildman–Crippen MR) is 113 cm³/mol. The van der Waals surface area contributed by atoms with E-state index >= 15 is 0 Å². The summed E-state index contributed by atoms with van der Waals surface area (Å²) in [5.41, 5.74) is 4.71. The molecule has 5 heteroatoms. The van der Waals surface area contributed by atoms with E-state index in [-0.39, 0.29) is 11.3 Å². The van der Waals surface area contributed by atoms with Gasteiger partial charge in [-0.25, -0.2) is 0 Å². The first-order valence-electron chi connectivity index (χ1n) is 8.56. The van der Waals surface area contributed by atoms with E-state index in [0.717, 1.165) is 23.4 Å². The molecule has 1 aliphatic rings. The average molecular weight is 389 g/mol. The zero-order valence-corrected chi connectivity index (χ0v) is 16.9. The Morgan fingerprint density at radius 1 is 1.19 bits per heavy atom. The SMILES string of the molecule is CCN1c2cc(Cl)c(C=Nc3ccc(Cl)cc3O)cc2C(C)=CC1(C)C. The second kappa shape index (κ2) is 6.98. The van der Waals surface area contributed by atoms with Gasteiger partial charge in [0.05, 0.1) is 10.6 Å². The summed E-state index contributed by atoms with van der Waals surface area (Å²) in [4.78, 5) is 6.71. The van der Waals surface area contributed by atoms with Gasteiger partial charge in [-0.2, -0.15) is 0 Å². The first-order valence-corrected chi connectivity index (χ1v) is 9.32. The summed E-state index contributed by atoms with van der Waals surface area (Å²) in [5.74, 6) is 0.0396. The summed E-state index contributed by atoms with van der Waals surface area (Å²) in [6, 6.07) is 8.89. The molecule has 2 aromatic rings. The van der Waals surface area contributed by atoms with Crippen molar-refractivity contribution < 1.29 is 5.11 Å². The molecular weight excluding hydrogens is 367 g/mol. The van der Waals surface area contributed by atoms with E-state index < -0.39 is 0 Å². The zero-order valence-electron chi connectivity index (χ0n) is 15.3. The maximum absolute atomic E-state index is 9.95. The van der Waals surface area contributed by atoms with Gasteiger partial charge in [0.25, 0.3) is 0 Å². The molecule has 0 radical (unpaired) electrons. The van der Waals surface area contributed by atoms with Crippen LogP contribution in [0.3, 0.4) is 0 Å². The number of benzene rings is 2. The molecule has 3 rings (SSSR count). The Morgan fingerprint density at radius 3 is 2.58 bits per heavy atom. The van der Waals surface area contributed by atoms with Crippen LogP contribution >= 0.6 is 23.2 Å². The third kappa shape index (κ3) is 3.46. The quantitative estimate of drug-likeness (QED) is 0.611. The van der Waals surface area contributed by atoms with Crippen molar-refractivity contribution >= 4 is 46.4 Å². The summed E-state index contributed by atoms with van der Waals surface area (Å²) in [6.45, 7) is 9.57. The van der Waals surface area contributed by atoms with Crippen LogP contribution in [0.25, 0.3) is 5.57 Å². The second-order valence-corrected chi connectivity index (χ2v) is 7.85. The summed E-state index contributed by atoms with van der Waals surface area (Å²) in [6.07, 6.45) is 3.95. The average Bonchev–Trinajstić information content (AvgIpc) is 2.54. The first-order chi connectivity index (χ1) is 12.2. The van der Waals surface area contributed by atoms with Crippen LogP contribution in [0.1, 0.15) is 38.8 Å². The summed E-state index contributed by atoms with van der Waals surface area (Å²) < 4.78 is 0. The number of hydrogen-bond donors (Lipinski definition) is 1. The van der Waals surface area contributed by atoms with Gasteiger partial charge in [0, 0.05) is 40.7 Å². The molecule has 0 saturated heterocycles. The Bertz CT molecular complexity index is 916. The maximum Gasteiger partial charge on any atom is 0.142 e. The van der Waals surface area contributed by atoms with Gasteiger partial charge in [-0.05, 0) is 57.5 Å². The molecule has 2 aromatic carbocycles. The Balaban J connectivity index is 2.04. The van der Waals surface area contributed by atoms with E-state index in [1.54, 1.807) is 18.3 Å². The highest BCUT2D eigenvalue weighted by Crippen LogP contribution is 2.41. The molecule has 1 aliphatic heterocycles. The van der Waals surface area contributed by atoms with Crippen molar-refractivity contribution in [2.24, 2.45) is 4.99 Å². The van der Waals surface area contributed by atoms with E-state index in [1.165, 1.54) is 11.6 Å². The van der Waals surface area contributed by atoms with Crippen molar-refractivity contribution in [3.63, 3.8) is 0 Å². The van der Waals surface area contributed by atoms with Crippen LogP contribution in [0.4, 0.5) is 11.4 Å². The van der Waals surface area contributed by atoms with Gasteiger partial charge < -0.3 is 10.0 Å². The number of likely N-dealkylation sites (N-methyl/N-ethyl adjacent to an activating group) is 1. The van der Waals surface area contributed by atoms with Crippen molar-refractivity contribution in [1.29, 1.82) is 0 Å². The van der Waals surface area contributed by atoms with E-state index in [4.69, 9.17) is 23.2 Å². The number of rotatable bonds is 3. The van der Waals surface area contributed by atoms with Crippen LogP contribution in [0.5, 0.6) is 5.75 Å². The monoisotopic (exact) mass is 388 g/mol. The van der Waals surface area contributed by atoms with Crippen LogP contribution in [0, 0.1) is 0 Å². The molecule has 26 heavy (non-hydrogen) atoms. The number of fused-ring (bicyclic) bond motifs is 1. The van der Waals surface area contributed by atoms with Crippen molar-refractivity contribution in [3.8, 4) is 5.75 Å². The number of halogens is 2. The largest absolute Gasteiger partial charge is 0.506 e. The molecule has 1 N–H and O–H groups in total. The fraction of sp³-hybridized carbons (Fsp3) is 0.286. The molecular formula is C21H22Cl2N2O. The third-order valence-corrected chi connectivity index (χ3v) is 5.25. The molecule has 3 nitrogen and oxygen atoms in total. The lowest BCUT2D eigenvalue weighted by atomic mass is 9.88. The van der Waals surface area contributed by atoms with Crippen molar-refractivity contribution in [2.45, 2.75) is 33.2 Å². The number of hydrogen-bond acceptors (Lipinski definition) is 3. The van der Waals surface area contributed by atoms with Gasteiger partial charge in [0.2, 0.25) is 0 Å². The molecule has 0 aromatic heterocycles. The van der Waals surface area contributed by atoms with Gasteiger partial charge in [-0.3, -0.25) is 4.99 Å². The number of phenolic OH excluding ortho intramolecular Hbond substituents is 1. The number of allylic oxidation sites excluding steroid dienone is 1. The number of anilines is 1. The van der Waals surface area contributed by atoms with Gasteiger partial charge in [-0.15, -0.1) is 0 Å². The molecule has 0 spiro atoms. The lowest BCUT2D eigenvalue weighted by molar-refractivity contribution is 0.477. The Morgan fingerprint density at radius 2 is 1.92 bits per heavy atom. The molecule has 0 saturated carbocycles. The van der Waals surface area contributed by atoms with Gasteiger partial charge in [-0.1, -0.05) is 29.3 Å². The highest BCUT2D eigenvalue weighted by atomic mass is 35.5. The van der Waals surface area contributed by atoms with Gasteiger partial charge >= 0.3 is 0 Å². The Kier molecular flexibility index (Phi) is 5.05. The van der Waals surface area contributed by atoms with E-state index in [0.29, 0.717) is 15.7 Å². The topological polar surface area (TPSA) is 35.8 Å². The Hall–Kier alpha value is -1.97. The fourth-order valence-electron chi connectivity index (χ4n) is 3.54. The highest BCUT2D eigenvalue weighted by Gasteiger charge is 2.30. The van der Waals surface area contributed by atoms with Crippen LogP contribution in [0.15, 0.2) is 41.4 Å². The highest BCUT2D eigenvalue weighted by molar-refractivity contribution is 6.33. The lowest BCUT2D eigenvalue weighted by Crippen LogP contribution is -2.44. The van der Waals surface area contributed by atoms with Gasteiger partial charge in [0.15, 0.2) is 0 Å². The minimum Gasteiger partial charge on any atom is -0.506 e. The van der Waals surface area contributed by atoms with E-state index in [2.05, 4.69) is 49.7 Å². The van der Waals surface area contributed by atoms with E-state index in [1.807, 2.05) is 6.07 Å². The predicted octanol–water partition coefficient (Wildman–Crippen LogP) is 6.47. The van der Waals surface area contributed by atoms with Gasteiger partial charge in [0.1, 0.15) is 11.4 Å². The molecule has 0 bridgehead atoms. The molecule has 1 heterocycles. The van der Waals surface area contributed by atoms with Crippen LogP contribution in [0.2, 0.25) is 10.0 Å². The molecule has 0 unspecified atom stereocenters. The maximum atomic E-state index is 9.95. The zero-order chi connectivity index (χ0) is 19.1. The standard InChI is InChI=1S/C21H22Cl2N2O/c1-5-25-19-10-17(23)14(8-16(19)13(2)11-21(25,3)4)12-24-18-7-6-15(22)9-20(18)26/h6-12,26H,5H2,1-4H3. The molecule has 0 amide bonds. The minimum atomic E-state index is -0.0557. The van der Waals surface area contributed by atoms with Crippen LogP contribution in [-0.4, -0.2) is 23.4 Å².